The Kier molecular flexibility index (Phi) is 7.40. The standard InChI is InChI=1S/C22H22N4O3S/c1-26(18-10-6-3-7-11-18)21(29)15-30-22-24-17(13-20(28)25-22)12-19(27)23-14-16-8-4-2-5-9-16/h2-11,13H,12,14-15H2,1H3,(H,23,27)(H,24,25,28). The van der Waals surface area contributed by atoms with Crippen LogP contribution in [0.15, 0.2) is 76.7 Å². The Morgan fingerprint density at radius 3 is 2.43 bits per heavy atom. The maximum Gasteiger partial charge on any atom is 0.251 e. The van der Waals surface area contributed by atoms with Gasteiger partial charge >= 0.3 is 0 Å². The van der Waals surface area contributed by atoms with E-state index in [1.807, 2.05) is 60.7 Å². The van der Waals surface area contributed by atoms with Gasteiger partial charge in [0.15, 0.2) is 5.16 Å². The number of anilines is 1. The molecule has 0 spiro atoms. The Balaban J connectivity index is 1.56. The molecule has 0 atom stereocenters. The van der Waals surface area contributed by atoms with Gasteiger partial charge < -0.3 is 15.2 Å². The molecule has 0 bridgehead atoms. The largest absolute Gasteiger partial charge is 0.352 e. The summed E-state index contributed by atoms with van der Waals surface area (Å²) in [6.07, 6.45) is -0.0117. The van der Waals surface area contributed by atoms with E-state index < -0.39 is 0 Å². The zero-order valence-corrected chi connectivity index (χ0v) is 17.3. The summed E-state index contributed by atoms with van der Waals surface area (Å²) in [5.74, 6) is -0.245. The number of aromatic nitrogens is 2. The van der Waals surface area contributed by atoms with Crippen LogP contribution in [0.3, 0.4) is 0 Å². The Hall–Kier alpha value is -3.39. The lowest BCUT2D eigenvalue weighted by molar-refractivity contribution is -0.120. The quantitative estimate of drug-likeness (QED) is 0.429. The van der Waals surface area contributed by atoms with E-state index in [2.05, 4.69) is 15.3 Å². The Morgan fingerprint density at radius 1 is 1.07 bits per heavy atom. The van der Waals surface area contributed by atoms with Crippen molar-refractivity contribution in [3.63, 3.8) is 0 Å². The molecule has 8 heteroatoms. The van der Waals surface area contributed by atoms with Crippen molar-refractivity contribution in [1.82, 2.24) is 15.3 Å². The van der Waals surface area contributed by atoms with E-state index in [4.69, 9.17) is 0 Å². The first-order valence-corrected chi connectivity index (χ1v) is 10.3. The number of para-hydroxylation sites is 1. The van der Waals surface area contributed by atoms with Crippen LogP contribution in [0.1, 0.15) is 11.3 Å². The van der Waals surface area contributed by atoms with Gasteiger partial charge in [-0.05, 0) is 17.7 Å². The van der Waals surface area contributed by atoms with Crippen LogP contribution in [0.5, 0.6) is 0 Å². The van der Waals surface area contributed by atoms with Gasteiger partial charge in [0.2, 0.25) is 11.8 Å². The summed E-state index contributed by atoms with van der Waals surface area (Å²) in [4.78, 5) is 45.0. The van der Waals surface area contributed by atoms with E-state index in [9.17, 15) is 14.4 Å². The normalized spacial score (nSPS) is 10.4. The molecule has 2 amide bonds. The molecule has 0 saturated heterocycles. The number of amides is 2. The number of rotatable bonds is 8. The van der Waals surface area contributed by atoms with Gasteiger partial charge in [0, 0.05) is 25.3 Å². The number of nitrogens with one attached hydrogen (secondary N) is 2. The summed E-state index contributed by atoms with van der Waals surface area (Å²) in [6.45, 7) is 0.408. The maximum absolute atomic E-state index is 12.4. The topological polar surface area (TPSA) is 95.2 Å². The summed E-state index contributed by atoms with van der Waals surface area (Å²) >= 11 is 1.13. The molecular weight excluding hydrogens is 400 g/mol. The van der Waals surface area contributed by atoms with Gasteiger partial charge in [0.05, 0.1) is 17.9 Å². The smallest absolute Gasteiger partial charge is 0.251 e. The molecular formula is C22H22N4O3S. The van der Waals surface area contributed by atoms with E-state index in [1.54, 1.807) is 11.9 Å². The van der Waals surface area contributed by atoms with Crippen molar-refractivity contribution in [3.8, 4) is 0 Å². The average molecular weight is 423 g/mol. The van der Waals surface area contributed by atoms with Crippen LogP contribution in [0, 0.1) is 0 Å². The highest BCUT2D eigenvalue weighted by Gasteiger charge is 2.13. The number of aromatic amines is 1. The molecule has 2 aromatic carbocycles. The summed E-state index contributed by atoms with van der Waals surface area (Å²) in [7, 11) is 1.70. The number of thioether (sulfide) groups is 1. The molecule has 0 aliphatic heterocycles. The molecule has 7 nitrogen and oxygen atoms in total. The first kappa shape index (κ1) is 21.3. The zero-order valence-electron chi connectivity index (χ0n) is 16.5. The minimum atomic E-state index is -0.359. The van der Waals surface area contributed by atoms with E-state index in [0.717, 1.165) is 23.0 Å². The lowest BCUT2D eigenvalue weighted by Crippen LogP contribution is -2.28. The lowest BCUT2D eigenvalue weighted by Gasteiger charge is -2.16. The molecule has 0 saturated carbocycles. The SMILES string of the molecule is CN(C(=O)CSc1nc(CC(=O)NCc2ccccc2)cc(=O)[nH]1)c1ccccc1. The molecule has 3 rings (SSSR count). The Morgan fingerprint density at radius 2 is 1.73 bits per heavy atom. The van der Waals surface area contributed by atoms with Crippen LogP contribution < -0.4 is 15.8 Å². The molecule has 30 heavy (non-hydrogen) atoms. The fourth-order valence-corrected chi connectivity index (χ4v) is 3.50. The minimum absolute atomic E-state index is 0.0117. The number of H-pyrrole nitrogens is 1. The van der Waals surface area contributed by atoms with Gasteiger partial charge in [-0.3, -0.25) is 14.4 Å². The van der Waals surface area contributed by atoms with E-state index in [-0.39, 0.29) is 29.5 Å². The number of carbonyl (C=O) groups excluding carboxylic acids is 2. The third kappa shape index (κ3) is 6.31. The van der Waals surface area contributed by atoms with E-state index in [0.29, 0.717) is 17.4 Å². The van der Waals surface area contributed by atoms with Crippen molar-refractivity contribution < 1.29 is 9.59 Å². The average Bonchev–Trinajstić information content (AvgIpc) is 2.76. The molecule has 1 heterocycles. The van der Waals surface area contributed by atoms with Gasteiger partial charge in [-0.2, -0.15) is 0 Å². The van der Waals surface area contributed by atoms with Crippen molar-refractivity contribution in [1.29, 1.82) is 0 Å². The van der Waals surface area contributed by atoms with Crippen molar-refractivity contribution in [3.05, 3.63) is 88.3 Å². The number of carbonyl (C=O) groups is 2. The summed E-state index contributed by atoms with van der Waals surface area (Å²) in [5, 5.41) is 3.12. The van der Waals surface area contributed by atoms with E-state index >= 15 is 0 Å². The van der Waals surface area contributed by atoms with Crippen molar-refractivity contribution in [2.75, 3.05) is 17.7 Å². The van der Waals surface area contributed by atoms with Crippen LogP contribution in [-0.4, -0.2) is 34.6 Å². The molecule has 3 aromatic rings. The van der Waals surface area contributed by atoms with Crippen LogP contribution in [0.2, 0.25) is 0 Å². The van der Waals surface area contributed by atoms with Gasteiger partial charge in [-0.1, -0.05) is 60.3 Å². The van der Waals surface area contributed by atoms with Crippen LogP contribution >= 0.6 is 11.8 Å². The lowest BCUT2D eigenvalue weighted by atomic mass is 10.2. The molecule has 2 N–H and O–H groups in total. The van der Waals surface area contributed by atoms with Crippen LogP contribution in [-0.2, 0) is 22.6 Å². The molecule has 0 aliphatic carbocycles. The molecule has 0 fully saturated rings. The summed E-state index contributed by atoms with van der Waals surface area (Å²) in [6, 6.07) is 20.1. The van der Waals surface area contributed by atoms with Gasteiger partial charge in [0.25, 0.3) is 5.56 Å². The molecule has 1 aromatic heterocycles. The van der Waals surface area contributed by atoms with E-state index in [1.165, 1.54) is 6.07 Å². The van der Waals surface area contributed by atoms with Gasteiger partial charge in [-0.25, -0.2) is 4.98 Å². The van der Waals surface area contributed by atoms with Crippen LogP contribution in [0.4, 0.5) is 5.69 Å². The number of hydrogen-bond acceptors (Lipinski definition) is 5. The fraction of sp³-hybridized carbons (Fsp3) is 0.182. The minimum Gasteiger partial charge on any atom is -0.352 e. The maximum atomic E-state index is 12.4. The molecule has 0 unspecified atom stereocenters. The zero-order chi connectivity index (χ0) is 21.3. The predicted octanol–water partition coefficient (Wildman–Crippen LogP) is 2.38. The first-order valence-electron chi connectivity index (χ1n) is 9.36. The third-order valence-electron chi connectivity index (χ3n) is 4.30. The van der Waals surface area contributed by atoms with Crippen molar-refractivity contribution in [2.24, 2.45) is 0 Å². The second-order valence-corrected chi connectivity index (χ2v) is 7.52. The Labute approximate surface area is 178 Å². The number of benzene rings is 2. The third-order valence-corrected chi connectivity index (χ3v) is 5.16. The summed E-state index contributed by atoms with van der Waals surface area (Å²) in [5.41, 5.74) is 1.77. The highest BCUT2D eigenvalue weighted by molar-refractivity contribution is 7.99. The van der Waals surface area contributed by atoms with Gasteiger partial charge in [0.1, 0.15) is 0 Å². The molecule has 154 valence electrons. The fourth-order valence-electron chi connectivity index (χ4n) is 2.69. The van der Waals surface area contributed by atoms with Crippen molar-refractivity contribution in [2.45, 2.75) is 18.1 Å². The molecule has 0 aliphatic rings. The summed E-state index contributed by atoms with van der Waals surface area (Å²) < 4.78 is 0. The predicted molar refractivity (Wildman–Crippen MR) is 117 cm³/mol. The number of nitrogens with zero attached hydrogens (tertiary/aromatic N) is 2. The molecule has 0 radical (unpaired) electrons. The highest BCUT2D eigenvalue weighted by Crippen LogP contribution is 2.16. The second-order valence-electron chi connectivity index (χ2n) is 6.56. The van der Waals surface area contributed by atoms with Crippen LogP contribution in [0.25, 0.3) is 0 Å². The first-order chi connectivity index (χ1) is 14.5. The number of hydrogen-bond donors (Lipinski definition) is 2. The Bertz CT molecular complexity index is 1050. The van der Waals surface area contributed by atoms with Crippen molar-refractivity contribution >= 4 is 29.3 Å². The highest BCUT2D eigenvalue weighted by atomic mass is 32.2. The second kappa shape index (κ2) is 10.4. The van der Waals surface area contributed by atoms with Gasteiger partial charge in [-0.15, -0.1) is 0 Å². The monoisotopic (exact) mass is 422 g/mol.